The second-order valence-corrected chi connectivity index (χ2v) is 4.58. The highest BCUT2D eigenvalue weighted by molar-refractivity contribution is 6.29. The molecule has 0 fully saturated rings. The monoisotopic (exact) mass is 322 g/mol. The number of carbonyl (C=O) groups excluding carboxylic acids is 1. The van der Waals surface area contributed by atoms with E-state index in [1.807, 2.05) is 0 Å². The molecule has 0 aliphatic rings. The van der Waals surface area contributed by atoms with Gasteiger partial charge in [0, 0.05) is 23.9 Å². The summed E-state index contributed by atoms with van der Waals surface area (Å²) in [4.78, 5) is 25.4. The van der Waals surface area contributed by atoms with Crippen LogP contribution < -0.4 is 4.74 Å². The molecule has 2 aromatic rings. The van der Waals surface area contributed by atoms with Crippen molar-refractivity contribution in [3.63, 3.8) is 0 Å². The van der Waals surface area contributed by atoms with Crippen LogP contribution in [-0.4, -0.2) is 22.5 Å². The lowest BCUT2D eigenvalue weighted by Crippen LogP contribution is -2.14. The van der Waals surface area contributed by atoms with E-state index in [9.17, 15) is 14.9 Å². The van der Waals surface area contributed by atoms with Gasteiger partial charge in [0.15, 0.2) is 6.61 Å². The number of nitro benzene ring substituents is 1. The number of rotatable bonds is 6. The van der Waals surface area contributed by atoms with Crippen molar-refractivity contribution in [2.75, 3.05) is 6.61 Å². The van der Waals surface area contributed by atoms with Crippen molar-refractivity contribution in [1.82, 2.24) is 4.98 Å². The van der Waals surface area contributed by atoms with Crippen LogP contribution in [0.3, 0.4) is 0 Å². The van der Waals surface area contributed by atoms with Gasteiger partial charge in [0.05, 0.1) is 4.92 Å². The van der Waals surface area contributed by atoms with E-state index in [1.54, 1.807) is 12.1 Å². The van der Waals surface area contributed by atoms with E-state index in [1.165, 1.54) is 30.5 Å². The summed E-state index contributed by atoms with van der Waals surface area (Å²) in [5.41, 5.74) is 0.651. The molecule has 0 bridgehead atoms. The zero-order valence-electron chi connectivity index (χ0n) is 11.3. The van der Waals surface area contributed by atoms with Gasteiger partial charge in [-0.05, 0) is 18.2 Å². The Bertz CT molecular complexity index is 658. The Morgan fingerprint density at radius 1 is 1.23 bits per heavy atom. The molecule has 1 aromatic heterocycles. The molecule has 0 atom stereocenters. The molecule has 0 N–H and O–H groups in total. The van der Waals surface area contributed by atoms with Gasteiger partial charge < -0.3 is 9.47 Å². The molecule has 0 saturated heterocycles. The lowest BCUT2D eigenvalue weighted by molar-refractivity contribution is -0.384. The summed E-state index contributed by atoms with van der Waals surface area (Å²) >= 11 is 5.64. The van der Waals surface area contributed by atoms with Gasteiger partial charge >= 0.3 is 5.97 Å². The average molecular weight is 323 g/mol. The van der Waals surface area contributed by atoms with E-state index in [2.05, 4.69) is 4.98 Å². The van der Waals surface area contributed by atoms with Crippen LogP contribution in [0.4, 0.5) is 5.69 Å². The summed E-state index contributed by atoms with van der Waals surface area (Å²) in [6.45, 7) is -0.231. The molecule has 0 aliphatic carbocycles. The van der Waals surface area contributed by atoms with Crippen molar-refractivity contribution >= 4 is 23.3 Å². The van der Waals surface area contributed by atoms with Crippen LogP contribution in [0.15, 0.2) is 42.6 Å². The minimum atomic E-state index is -0.562. The third-order valence-electron chi connectivity index (χ3n) is 2.59. The first kappa shape index (κ1) is 15.7. The van der Waals surface area contributed by atoms with E-state index in [-0.39, 0.29) is 18.9 Å². The maximum atomic E-state index is 11.5. The number of halogens is 1. The quantitative estimate of drug-likeness (QED) is 0.351. The SMILES string of the molecule is O=C(COc1ccc([N+](=O)[O-])cc1)OCc1ccc(Cl)nc1. The standard InChI is InChI=1S/C14H11ClN2O5/c15-13-6-1-10(7-16-13)8-22-14(18)9-21-12-4-2-11(3-5-12)17(19)20/h1-7H,8-9H2. The maximum Gasteiger partial charge on any atom is 0.344 e. The number of esters is 1. The van der Waals surface area contributed by atoms with Gasteiger partial charge in [-0.3, -0.25) is 10.1 Å². The Balaban J connectivity index is 1.77. The Morgan fingerprint density at radius 3 is 2.55 bits per heavy atom. The molecule has 114 valence electrons. The van der Waals surface area contributed by atoms with Gasteiger partial charge in [-0.25, -0.2) is 9.78 Å². The molecule has 8 heteroatoms. The normalized spacial score (nSPS) is 10.0. The van der Waals surface area contributed by atoms with Gasteiger partial charge in [0.25, 0.3) is 5.69 Å². The van der Waals surface area contributed by atoms with E-state index in [4.69, 9.17) is 21.1 Å². The van der Waals surface area contributed by atoms with Crippen LogP contribution in [-0.2, 0) is 16.1 Å². The molecule has 1 aromatic carbocycles. The topological polar surface area (TPSA) is 91.6 Å². The van der Waals surface area contributed by atoms with Crippen LogP contribution in [0.1, 0.15) is 5.56 Å². The minimum absolute atomic E-state index is 0.0508. The molecule has 0 radical (unpaired) electrons. The first-order valence-corrected chi connectivity index (χ1v) is 6.56. The maximum absolute atomic E-state index is 11.5. The van der Waals surface area contributed by atoms with Gasteiger partial charge in [0.1, 0.15) is 17.5 Å². The Labute approximate surface area is 130 Å². The summed E-state index contributed by atoms with van der Waals surface area (Å²) in [7, 11) is 0. The van der Waals surface area contributed by atoms with Gasteiger partial charge in [-0.15, -0.1) is 0 Å². The average Bonchev–Trinajstić information content (AvgIpc) is 2.52. The van der Waals surface area contributed by atoms with Crippen LogP contribution in [0, 0.1) is 10.1 Å². The van der Waals surface area contributed by atoms with Crippen molar-refractivity contribution in [3.05, 3.63) is 63.4 Å². The number of aromatic nitrogens is 1. The first-order chi connectivity index (χ1) is 10.5. The van der Waals surface area contributed by atoms with Gasteiger partial charge in [0.2, 0.25) is 0 Å². The third kappa shape index (κ3) is 4.71. The van der Waals surface area contributed by atoms with Crippen molar-refractivity contribution < 1.29 is 19.2 Å². The largest absolute Gasteiger partial charge is 0.482 e. The van der Waals surface area contributed by atoms with Gasteiger partial charge in [-0.2, -0.15) is 0 Å². The molecular weight excluding hydrogens is 312 g/mol. The summed E-state index contributed by atoms with van der Waals surface area (Å²) in [5.74, 6) is -0.219. The number of pyridine rings is 1. The summed E-state index contributed by atoms with van der Waals surface area (Å²) in [6.07, 6.45) is 1.51. The fraction of sp³-hybridized carbons (Fsp3) is 0.143. The number of non-ortho nitro benzene ring substituents is 1. The number of nitrogens with zero attached hydrogens (tertiary/aromatic N) is 2. The fourth-order valence-corrected chi connectivity index (χ4v) is 1.62. The predicted molar refractivity (Wildman–Crippen MR) is 77.6 cm³/mol. The second-order valence-electron chi connectivity index (χ2n) is 4.19. The van der Waals surface area contributed by atoms with E-state index in [0.29, 0.717) is 16.5 Å². The smallest absolute Gasteiger partial charge is 0.344 e. The molecule has 7 nitrogen and oxygen atoms in total. The summed E-state index contributed by atoms with van der Waals surface area (Å²) in [5, 5.41) is 10.9. The third-order valence-corrected chi connectivity index (χ3v) is 2.82. The van der Waals surface area contributed by atoms with E-state index in [0.717, 1.165) is 0 Å². The molecule has 0 unspecified atom stereocenters. The predicted octanol–water partition coefficient (Wildman–Crippen LogP) is 2.77. The van der Waals surface area contributed by atoms with Crippen molar-refractivity contribution in [1.29, 1.82) is 0 Å². The van der Waals surface area contributed by atoms with E-state index < -0.39 is 10.9 Å². The number of hydrogen-bond acceptors (Lipinski definition) is 6. The minimum Gasteiger partial charge on any atom is -0.482 e. The molecule has 22 heavy (non-hydrogen) atoms. The molecule has 1 heterocycles. The van der Waals surface area contributed by atoms with Crippen LogP contribution >= 0.6 is 11.6 Å². The Hall–Kier alpha value is -2.67. The van der Waals surface area contributed by atoms with Crippen molar-refractivity contribution in [3.8, 4) is 5.75 Å². The number of benzene rings is 1. The molecule has 0 aliphatic heterocycles. The Kier molecular flexibility index (Phi) is 5.26. The fourth-order valence-electron chi connectivity index (χ4n) is 1.50. The van der Waals surface area contributed by atoms with Crippen molar-refractivity contribution in [2.45, 2.75) is 6.61 Å². The first-order valence-electron chi connectivity index (χ1n) is 6.18. The zero-order chi connectivity index (χ0) is 15.9. The highest BCUT2D eigenvalue weighted by atomic mass is 35.5. The Morgan fingerprint density at radius 2 is 1.95 bits per heavy atom. The van der Waals surface area contributed by atoms with Crippen LogP contribution in [0.5, 0.6) is 5.75 Å². The number of ether oxygens (including phenoxy) is 2. The number of nitro groups is 1. The molecular formula is C14H11ClN2O5. The number of hydrogen-bond donors (Lipinski definition) is 0. The number of carbonyl (C=O) groups is 1. The van der Waals surface area contributed by atoms with Gasteiger partial charge in [-0.1, -0.05) is 17.7 Å². The summed E-state index contributed by atoms with van der Waals surface area (Å²) in [6, 6.07) is 8.70. The summed E-state index contributed by atoms with van der Waals surface area (Å²) < 4.78 is 10.2. The highest BCUT2D eigenvalue weighted by Crippen LogP contribution is 2.17. The zero-order valence-corrected chi connectivity index (χ0v) is 12.0. The lowest BCUT2D eigenvalue weighted by atomic mass is 10.3. The molecule has 0 spiro atoms. The highest BCUT2D eigenvalue weighted by Gasteiger charge is 2.07. The van der Waals surface area contributed by atoms with Crippen LogP contribution in [0.25, 0.3) is 0 Å². The second kappa shape index (κ2) is 7.37. The lowest BCUT2D eigenvalue weighted by Gasteiger charge is -2.07. The van der Waals surface area contributed by atoms with Crippen LogP contribution in [0.2, 0.25) is 5.15 Å². The molecule has 0 saturated carbocycles. The molecule has 0 amide bonds. The van der Waals surface area contributed by atoms with E-state index >= 15 is 0 Å². The molecule has 2 rings (SSSR count). The van der Waals surface area contributed by atoms with Crippen molar-refractivity contribution in [2.24, 2.45) is 0 Å².